The molecule has 2 fully saturated rings. The first-order valence-electron chi connectivity index (χ1n) is 10.2. The van der Waals surface area contributed by atoms with Crippen molar-refractivity contribution in [1.82, 2.24) is 4.90 Å². The van der Waals surface area contributed by atoms with E-state index in [-0.39, 0.29) is 30.3 Å². The van der Waals surface area contributed by atoms with Gasteiger partial charge < -0.3 is 10.2 Å². The van der Waals surface area contributed by atoms with Crippen LogP contribution in [0.1, 0.15) is 38.5 Å². The normalized spacial score (nSPS) is 20.2. The minimum atomic E-state index is -0.769. The van der Waals surface area contributed by atoms with Crippen LogP contribution in [0.25, 0.3) is 0 Å². The fourth-order valence-electron chi connectivity index (χ4n) is 4.29. The molecule has 0 aromatic heterocycles. The first kappa shape index (κ1) is 19.2. The molecule has 2 aliphatic rings. The van der Waals surface area contributed by atoms with E-state index in [0.29, 0.717) is 11.4 Å². The highest BCUT2D eigenvalue weighted by Gasteiger charge is 2.49. The lowest BCUT2D eigenvalue weighted by Gasteiger charge is -2.33. The lowest BCUT2D eigenvalue weighted by molar-refractivity contribution is -0.125. The van der Waals surface area contributed by atoms with Crippen LogP contribution in [0.4, 0.5) is 16.2 Å². The summed E-state index contributed by atoms with van der Waals surface area (Å²) in [5.74, 6) is -0.590. The minimum Gasteiger partial charge on any atom is -0.326 e. The molecule has 1 aliphatic carbocycles. The zero-order valence-electron chi connectivity index (χ0n) is 16.3. The topological polar surface area (TPSA) is 69.7 Å². The van der Waals surface area contributed by atoms with Crippen molar-refractivity contribution in [3.8, 4) is 0 Å². The summed E-state index contributed by atoms with van der Waals surface area (Å²) >= 11 is 0. The van der Waals surface area contributed by atoms with Crippen LogP contribution in [-0.4, -0.2) is 34.8 Å². The van der Waals surface area contributed by atoms with E-state index in [2.05, 4.69) is 5.32 Å². The van der Waals surface area contributed by atoms with Gasteiger partial charge in [-0.15, -0.1) is 0 Å². The van der Waals surface area contributed by atoms with Crippen LogP contribution >= 0.6 is 0 Å². The Kier molecular flexibility index (Phi) is 5.60. The number of para-hydroxylation sites is 2. The van der Waals surface area contributed by atoms with Gasteiger partial charge in [0.1, 0.15) is 6.04 Å². The zero-order chi connectivity index (χ0) is 20.2. The fraction of sp³-hybridized carbons (Fsp3) is 0.348. The molecule has 4 amide bonds. The van der Waals surface area contributed by atoms with Crippen LogP contribution in [0.5, 0.6) is 0 Å². The van der Waals surface area contributed by atoms with E-state index in [4.69, 9.17) is 0 Å². The van der Waals surface area contributed by atoms with E-state index in [1.165, 1.54) is 4.90 Å². The molecule has 29 heavy (non-hydrogen) atoms. The Labute approximate surface area is 170 Å². The highest BCUT2D eigenvalue weighted by Crippen LogP contribution is 2.33. The van der Waals surface area contributed by atoms with Gasteiger partial charge in [0.05, 0.1) is 12.1 Å². The number of anilines is 2. The van der Waals surface area contributed by atoms with Crippen molar-refractivity contribution in [2.75, 3.05) is 10.2 Å². The number of benzene rings is 2. The Morgan fingerprint density at radius 1 is 0.897 bits per heavy atom. The van der Waals surface area contributed by atoms with Gasteiger partial charge in [-0.3, -0.25) is 9.59 Å². The Balaban J connectivity index is 1.58. The van der Waals surface area contributed by atoms with Crippen LogP contribution in [0, 0.1) is 0 Å². The molecule has 0 spiro atoms. The molecule has 2 aromatic rings. The highest BCUT2D eigenvalue weighted by molar-refractivity contribution is 6.22. The van der Waals surface area contributed by atoms with Crippen LogP contribution in [0.2, 0.25) is 0 Å². The maximum atomic E-state index is 13.3. The number of rotatable bonds is 5. The number of amides is 4. The number of carbonyl (C=O) groups excluding carboxylic acids is 3. The van der Waals surface area contributed by atoms with Crippen molar-refractivity contribution >= 4 is 29.2 Å². The van der Waals surface area contributed by atoms with Gasteiger partial charge in [0.15, 0.2) is 0 Å². The molecule has 0 radical (unpaired) electrons. The molecule has 6 heteroatoms. The Morgan fingerprint density at radius 3 is 2.17 bits per heavy atom. The number of urea groups is 1. The van der Waals surface area contributed by atoms with Gasteiger partial charge in [0.25, 0.3) is 5.91 Å². The summed E-state index contributed by atoms with van der Waals surface area (Å²) in [6.45, 7) is 0. The van der Waals surface area contributed by atoms with Crippen molar-refractivity contribution in [3.05, 3.63) is 60.7 Å². The second kappa shape index (κ2) is 8.47. The van der Waals surface area contributed by atoms with E-state index < -0.39 is 6.04 Å². The van der Waals surface area contributed by atoms with Gasteiger partial charge in [-0.1, -0.05) is 55.7 Å². The molecular formula is C23H25N3O3. The van der Waals surface area contributed by atoms with Crippen LogP contribution in [0.15, 0.2) is 60.7 Å². The molecule has 1 atom stereocenters. The third-order valence-electron chi connectivity index (χ3n) is 5.67. The van der Waals surface area contributed by atoms with Crippen molar-refractivity contribution < 1.29 is 14.4 Å². The molecule has 4 rings (SSSR count). The number of nitrogens with zero attached hydrogens (tertiary/aromatic N) is 2. The highest BCUT2D eigenvalue weighted by atomic mass is 16.2. The summed E-state index contributed by atoms with van der Waals surface area (Å²) in [6, 6.07) is 17.0. The first-order valence-corrected chi connectivity index (χ1v) is 10.2. The number of hydrogen-bond acceptors (Lipinski definition) is 3. The predicted molar refractivity (Wildman–Crippen MR) is 112 cm³/mol. The Hall–Kier alpha value is -3.15. The van der Waals surface area contributed by atoms with E-state index >= 15 is 0 Å². The number of hydrogen-bond donors (Lipinski definition) is 1. The molecule has 150 valence electrons. The minimum absolute atomic E-state index is 0.00318. The number of nitrogens with one attached hydrogen (secondary N) is 1. The summed E-state index contributed by atoms with van der Waals surface area (Å²) in [6.07, 6.45) is 4.93. The molecule has 6 nitrogen and oxygen atoms in total. The van der Waals surface area contributed by atoms with E-state index in [0.717, 1.165) is 32.1 Å². The fourth-order valence-corrected chi connectivity index (χ4v) is 4.29. The van der Waals surface area contributed by atoms with E-state index in [1.54, 1.807) is 41.3 Å². The third kappa shape index (κ3) is 4.01. The van der Waals surface area contributed by atoms with Gasteiger partial charge in [-0.05, 0) is 37.1 Å². The lowest BCUT2D eigenvalue weighted by Crippen LogP contribution is -2.45. The maximum Gasteiger partial charge on any atom is 0.332 e. The van der Waals surface area contributed by atoms with Crippen molar-refractivity contribution in [3.63, 3.8) is 0 Å². The van der Waals surface area contributed by atoms with Crippen molar-refractivity contribution in [2.24, 2.45) is 0 Å². The molecular weight excluding hydrogens is 366 g/mol. The number of carbonyl (C=O) groups is 3. The molecule has 1 heterocycles. The van der Waals surface area contributed by atoms with Crippen LogP contribution in [0.3, 0.4) is 0 Å². The largest absolute Gasteiger partial charge is 0.332 e. The lowest BCUT2D eigenvalue weighted by atomic mass is 9.93. The smallest absolute Gasteiger partial charge is 0.326 e. The predicted octanol–water partition coefficient (Wildman–Crippen LogP) is 4.19. The van der Waals surface area contributed by atoms with E-state index in [9.17, 15) is 14.4 Å². The second-order valence-electron chi connectivity index (χ2n) is 7.62. The summed E-state index contributed by atoms with van der Waals surface area (Å²) in [5.41, 5.74) is 1.23. The average molecular weight is 391 g/mol. The first-order chi connectivity index (χ1) is 14.1. The molecule has 2 aromatic carbocycles. The average Bonchev–Trinajstić information content (AvgIpc) is 2.99. The quantitative estimate of drug-likeness (QED) is 0.777. The maximum absolute atomic E-state index is 13.3. The van der Waals surface area contributed by atoms with Gasteiger partial charge in [0.2, 0.25) is 5.91 Å². The third-order valence-corrected chi connectivity index (χ3v) is 5.67. The van der Waals surface area contributed by atoms with E-state index in [1.807, 2.05) is 24.3 Å². The molecule has 0 bridgehead atoms. The Bertz CT molecular complexity index is 879. The monoisotopic (exact) mass is 391 g/mol. The molecule has 1 N–H and O–H groups in total. The molecule has 1 aliphatic heterocycles. The standard InChI is InChI=1S/C23H25N3O3/c27-21(24-17-10-4-1-5-11-17)16-20-22(28)26(19-14-8-3-9-15-19)23(29)25(20)18-12-6-2-7-13-18/h1,3-5,8-11,14-15,18,20H,2,6-7,12-13,16H2,(H,24,27)/t20-/m1/s1. The van der Waals surface area contributed by atoms with Gasteiger partial charge >= 0.3 is 6.03 Å². The molecule has 1 saturated carbocycles. The summed E-state index contributed by atoms with van der Waals surface area (Å²) in [5, 5.41) is 2.83. The van der Waals surface area contributed by atoms with Crippen molar-refractivity contribution in [1.29, 1.82) is 0 Å². The van der Waals surface area contributed by atoms with Gasteiger partial charge in [-0.25, -0.2) is 9.69 Å². The summed E-state index contributed by atoms with van der Waals surface area (Å²) in [7, 11) is 0. The van der Waals surface area contributed by atoms with Gasteiger partial charge in [-0.2, -0.15) is 0 Å². The van der Waals surface area contributed by atoms with Crippen molar-refractivity contribution in [2.45, 2.75) is 50.6 Å². The molecule has 0 unspecified atom stereocenters. The molecule has 1 saturated heterocycles. The Morgan fingerprint density at radius 2 is 1.52 bits per heavy atom. The van der Waals surface area contributed by atoms with Gasteiger partial charge in [0, 0.05) is 11.7 Å². The second-order valence-corrected chi connectivity index (χ2v) is 7.62. The summed E-state index contributed by atoms with van der Waals surface area (Å²) in [4.78, 5) is 42.1. The zero-order valence-corrected chi connectivity index (χ0v) is 16.3. The number of imide groups is 1. The SMILES string of the molecule is O=C(C[C@@H]1C(=O)N(c2ccccc2)C(=O)N1C1CCCCC1)Nc1ccccc1. The van der Waals surface area contributed by atoms with Crippen LogP contribution < -0.4 is 10.2 Å². The summed E-state index contributed by atoms with van der Waals surface area (Å²) < 4.78 is 0. The van der Waals surface area contributed by atoms with Crippen LogP contribution in [-0.2, 0) is 9.59 Å².